The summed E-state index contributed by atoms with van der Waals surface area (Å²) in [6.07, 6.45) is 6.49. The average molecular weight is 394 g/mol. The van der Waals surface area contributed by atoms with E-state index in [1.165, 1.54) is 6.42 Å². The number of nitrogens with zero attached hydrogens (tertiary/aromatic N) is 2. The number of benzene rings is 1. The fraction of sp³-hybridized carbons (Fsp3) is 0.478. The average Bonchev–Trinajstić information content (AvgIpc) is 3.18. The number of fused-ring (bicyclic) bond motifs is 1. The first-order chi connectivity index (χ1) is 14.1. The fourth-order valence-electron chi connectivity index (χ4n) is 4.71. The van der Waals surface area contributed by atoms with Gasteiger partial charge in [-0.15, -0.1) is 0 Å². The quantitative estimate of drug-likeness (QED) is 0.536. The molecule has 1 aromatic carbocycles. The van der Waals surface area contributed by atoms with Gasteiger partial charge in [-0.25, -0.2) is 0 Å². The third-order valence-electron chi connectivity index (χ3n) is 6.31. The maximum atomic E-state index is 8.60. The molecule has 0 amide bonds. The topological polar surface area (TPSA) is 91.1 Å². The number of hydrogen-bond donors (Lipinski definition) is 3. The van der Waals surface area contributed by atoms with Crippen LogP contribution in [0.15, 0.2) is 42.6 Å². The molecule has 2 aromatic rings. The third-order valence-corrected chi connectivity index (χ3v) is 6.31. The Kier molecular flexibility index (Phi) is 5.83. The summed E-state index contributed by atoms with van der Waals surface area (Å²) in [4.78, 5) is 2.43. The van der Waals surface area contributed by atoms with Gasteiger partial charge in [0.2, 0.25) is 0 Å². The van der Waals surface area contributed by atoms with Crippen molar-refractivity contribution >= 4 is 5.84 Å². The van der Waals surface area contributed by atoms with Crippen LogP contribution in [0.1, 0.15) is 62.3 Å². The van der Waals surface area contributed by atoms with E-state index in [1.54, 1.807) is 16.8 Å². The minimum Gasteiger partial charge on any atom is -0.484 e. The van der Waals surface area contributed by atoms with E-state index in [1.807, 2.05) is 18.2 Å². The molecule has 0 spiro atoms. The molecule has 0 radical (unpaired) electrons. The zero-order valence-electron chi connectivity index (χ0n) is 17.1. The van der Waals surface area contributed by atoms with Gasteiger partial charge in [0.15, 0.2) is 0 Å². The SMILES string of the molecule is CCN1CCCC1CC(=N)n1cc(OC2CCC(N)c3ccccc32)ccc1=N. The molecule has 2 heterocycles. The van der Waals surface area contributed by atoms with Crippen molar-refractivity contribution in [3.63, 3.8) is 0 Å². The minimum absolute atomic E-state index is 0.0457. The number of rotatable bonds is 5. The number of hydrogen-bond acceptors (Lipinski definition) is 5. The van der Waals surface area contributed by atoms with Gasteiger partial charge in [0, 0.05) is 18.5 Å². The van der Waals surface area contributed by atoms with Crippen LogP contribution in [0.4, 0.5) is 0 Å². The van der Waals surface area contributed by atoms with Gasteiger partial charge in [0.25, 0.3) is 0 Å². The summed E-state index contributed by atoms with van der Waals surface area (Å²) >= 11 is 0. The molecule has 1 aliphatic heterocycles. The van der Waals surface area contributed by atoms with Gasteiger partial charge in [-0.2, -0.15) is 0 Å². The summed E-state index contributed by atoms with van der Waals surface area (Å²) in [5.41, 5.74) is 8.88. The van der Waals surface area contributed by atoms with Crippen molar-refractivity contribution in [3.05, 3.63) is 59.2 Å². The van der Waals surface area contributed by atoms with Crippen molar-refractivity contribution in [2.45, 2.75) is 57.2 Å². The maximum Gasteiger partial charge on any atom is 0.137 e. The molecule has 4 rings (SSSR count). The smallest absolute Gasteiger partial charge is 0.137 e. The maximum absolute atomic E-state index is 8.60. The molecule has 154 valence electrons. The summed E-state index contributed by atoms with van der Waals surface area (Å²) in [5.74, 6) is 1.15. The van der Waals surface area contributed by atoms with Crippen LogP contribution in [0.5, 0.6) is 5.75 Å². The summed E-state index contributed by atoms with van der Waals surface area (Å²) in [5, 5.41) is 16.9. The lowest BCUT2D eigenvalue weighted by atomic mass is 9.86. The van der Waals surface area contributed by atoms with Gasteiger partial charge in [-0.3, -0.25) is 15.4 Å². The van der Waals surface area contributed by atoms with Crippen LogP contribution in [0, 0.1) is 10.8 Å². The first-order valence-electron chi connectivity index (χ1n) is 10.7. The lowest BCUT2D eigenvalue weighted by Crippen LogP contribution is -2.35. The first kappa shape index (κ1) is 19.9. The van der Waals surface area contributed by atoms with Gasteiger partial charge in [0.1, 0.15) is 23.2 Å². The van der Waals surface area contributed by atoms with E-state index >= 15 is 0 Å². The zero-order chi connectivity index (χ0) is 20.4. The Labute approximate surface area is 172 Å². The fourth-order valence-corrected chi connectivity index (χ4v) is 4.71. The molecule has 1 aliphatic carbocycles. The van der Waals surface area contributed by atoms with E-state index in [9.17, 15) is 0 Å². The highest BCUT2D eigenvalue weighted by Crippen LogP contribution is 2.37. The van der Waals surface area contributed by atoms with Crippen molar-refractivity contribution in [2.24, 2.45) is 5.73 Å². The van der Waals surface area contributed by atoms with E-state index < -0.39 is 0 Å². The number of ether oxygens (including phenoxy) is 1. The normalized spacial score (nSPS) is 24.3. The van der Waals surface area contributed by atoms with Crippen LogP contribution in [0.2, 0.25) is 0 Å². The molecule has 1 fully saturated rings. The molecule has 0 bridgehead atoms. The number of likely N-dealkylation sites (tertiary alicyclic amines) is 1. The summed E-state index contributed by atoms with van der Waals surface area (Å²) < 4.78 is 7.98. The zero-order valence-corrected chi connectivity index (χ0v) is 17.1. The van der Waals surface area contributed by atoms with Crippen LogP contribution < -0.4 is 16.0 Å². The molecule has 4 N–H and O–H groups in total. The monoisotopic (exact) mass is 393 g/mol. The standard InChI is InChI=1S/C23H31N5O/c1-2-27-13-5-6-16(27)14-23(26)28-15-17(9-12-22(28)25)29-21-11-10-20(24)18-7-3-4-8-19(18)21/h3-4,7-9,12,15-16,20-21,25-26H,2,5-6,10-11,13-14,24H2,1H3. The van der Waals surface area contributed by atoms with Crippen LogP contribution in [0.25, 0.3) is 0 Å². The highest BCUT2D eigenvalue weighted by atomic mass is 16.5. The van der Waals surface area contributed by atoms with Crippen LogP contribution in [-0.4, -0.2) is 34.4 Å². The van der Waals surface area contributed by atoms with Crippen molar-refractivity contribution in [1.82, 2.24) is 9.47 Å². The Morgan fingerprint density at radius 2 is 1.93 bits per heavy atom. The molecular weight excluding hydrogens is 362 g/mol. The van der Waals surface area contributed by atoms with Crippen molar-refractivity contribution in [3.8, 4) is 5.75 Å². The summed E-state index contributed by atoms with van der Waals surface area (Å²) in [7, 11) is 0. The van der Waals surface area contributed by atoms with Gasteiger partial charge in [-0.05, 0) is 62.0 Å². The van der Waals surface area contributed by atoms with E-state index in [0.717, 1.165) is 43.5 Å². The molecular formula is C23H31N5O. The predicted molar refractivity (Wildman–Crippen MR) is 114 cm³/mol. The number of nitrogens with one attached hydrogen (secondary N) is 2. The van der Waals surface area contributed by atoms with E-state index in [-0.39, 0.29) is 12.1 Å². The molecule has 29 heavy (non-hydrogen) atoms. The first-order valence-corrected chi connectivity index (χ1v) is 10.7. The second-order valence-electron chi connectivity index (χ2n) is 8.11. The summed E-state index contributed by atoms with van der Waals surface area (Å²) in [6.45, 7) is 4.30. The number of aromatic nitrogens is 1. The molecule has 3 atom stereocenters. The van der Waals surface area contributed by atoms with Crippen molar-refractivity contribution in [1.29, 1.82) is 10.8 Å². The van der Waals surface area contributed by atoms with Crippen LogP contribution >= 0.6 is 0 Å². The van der Waals surface area contributed by atoms with Gasteiger partial charge < -0.3 is 15.4 Å². The molecule has 3 unspecified atom stereocenters. The van der Waals surface area contributed by atoms with Crippen LogP contribution in [-0.2, 0) is 0 Å². The molecule has 6 nitrogen and oxygen atoms in total. The van der Waals surface area contributed by atoms with Crippen molar-refractivity contribution in [2.75, 3.05) is 13.1 Å². The van der Waals surface area contributed by atoms with Crippen LogP contribution in [0.3, 0.4) is 0 Å². The predicted octanol–water partition coefficient (Wildman–Crippen LogP) is 3.58. The molecule has 1 aromatic heterocycles. The van der Waals surface area contributed by atoms with E-state index in [0.29, 0.717) is 29.5 Å². The number of nitrogens with two attached hydrogens (primary N) is 1. The second-order valence-corrected chi connectivity index (χ2v) is 8.11. The van der Waals surface area contributed by atoms with Gasteiger partial charge in [0.05, 0.1) is 6.20 Å². The Hall–Kier alpha value is -2.44. The van der Waals surface area contributed by atoms with Gasteiger partial charge in [-0.1, -0.05) is 31.2 Å². The Balaban J connectivity index is 1.52. The minimum atomic E-state index is -0.0457. The van der Waals surface area contributed by atoms with E-state index in [4.69, 9.17) is 21.3 Å². The molecule has 2 aliphatic rings. The third kappa shape index (κ3) is 4.14. The Bertz CT molecular complexity index is 937. The van der Waals surface area contributed by atoms with E-state index in [2.05, 4.69) is 24.0 Å². The molecule has 0 saturated carbocycles. The van der Waals surface area contributed by atoms with Gasteiger partial charge >= 0.3 is 0 Å². The van der Waals surface area contributed by atoms with Crippen molar-refractivity contribution < 1.29 is 4.74 Å². The molecule has 1 saturated heterocycles. The Morgan fingerprint density at radius 3 is 2.72 bits per heavy atom. The number of pyridine rings is 1. The summed E-state index contributed by atoms with van der Waals surface area (Å²) in [6, 6.07) is 12.2. The lowest BCUT2D eigenvalue weighted by molar-refractivity contribution is 0.176. The lowest BCUT2D eigenvalue weighted by Gasteiger charge is -2.30. The highest BCUT2D eigenvalue weighted by molar-refractivity contribution is 5.82. The Morgan fingerprint density at radius 1 is 1.14 bits per heavy atom. The largest absolute Gasteiger partial charge is 0.484 e. The highest BCUT2D eigenvalue weighted by Gasteiger charge is 2.27. The molecule has 6 heteroatoms. The second kappa shape index (κ2) is 8.51.